The summed E-state index contributed by atoms with van der Waals surface area (Å²) in [5.41, 5.74) is 14.4. The summed E-state index contributed by atoms with van der Waals surface area (Å²) >= 11 is 8.08. The van der Waals surface area contributed by atoms with Crippen molar-refractivity contribution in [2.24, 2.45) is 0 Å². The van der Waals surface area contributed by atoms with Crippen LogP contribution in [0.15, 0.2) is 139 Å². The summed E-state index contributed by atoms with van der Waals surface area (Å²) in [6.45, 7) is 2.05. The number of aryl methyl sites for hydroxylation is 1. The quantitative estimate of drug-likeness (QED) is 0.163. The topological polar surface area (TPSA) is 42.0 Å². The van der Waals surface area contributed by atoms with Crippen molar-refractivity contribution in [3.05, 3.63) is 136 Å². The van der Waals surface area contributed by atoms with Crippen LogP contribution in [0.3, 0.4) is 0 Å². The van der Waals surface area contributed by atoms with Gasteiger partial charge in [0.25, 0.3) is 6.71 Å². The molecule has 0 saturated heterocycles. The minimum Gasteiger partial charge on any atom is -0.456 e. The average molecular weight is 786 g/mol. The fraction of sp³-hybridized carbons (Fsp3) is 0.0233. The van der Waals surface area contributed by atoms with Gasteiger partial charge in [-0.2, -0.15) is 0 Å². The molecule has 5 nitrogen and oxygen atoms in total. The number of hydrogen-bond donors (Lipinski definition) is 0. The molecule has 0 atom stereocenters. The lowest BCUT2D eigenvalue weighted by atomic mass is 9.32. The Morgan fingerprint density at radius 1 is 0.529 bits per heavy atom. The van der Waals surface area contributed by atoms with Crippen LogP contribution in [0.1, 0.15) is 5.56 Å². The number of benzene rings is 7. The zero-order valence-electron chi connectivity index (χ0n) is 27.0. The summed E-state index contributed by atoms with van der Waals surface area (Å²) in [5.74, 6) is 1.50. The SMILES string of the molecule is Cc1cc2c3c(c1)N(c1ccccc1)c1c4c(c(Br)c5oc6ccccc6c15)Oc1c(c(c5c(oc6ccccc65)c1Br)N2c1ccccc1)B34. The van der Waals surface area contributed by atoms with Crippen molar-refractivity contribution in [1.82, 2.24) is 0 Å². The van der Waals surface area contributed by atoms with Crippen molar-refractivity contribution < 1.29 is 13.6 Å². The van der Waals surface area contributed by atoms with Crippen molar-refractivity contribution in [1.29, 1.82) is 0 Å². The molecular formula is C43H23BBr2N2O3. The highest BCUT2D eigenvalue weighted by atomic mass is 79.9. The Morgan fingerprint density at radius 3 is 1.43 bits per heavy atom. The summed E-state index contributed by atoms with van der Waals surface area (Å²) in [4.78, 5) is 4.86. The molecule has 0 unspecified atom stereocenters. The monoisotopic (exact) mass is 784 g/mol. The lowest BCUT2D eigenvalue weighted by Gasteiger charge is -2.47. The van der Waals surface area contributed by atoms with E-state index in [9.17, 15) is 0 Å². The van der Waals surface area contributed by atoms with Crippen molar-refractivity contribution in [2.45, 2.75) is 6.92 Å². The predicted molar refractivity (Wildman–Crippen MR) is 215 cm³/mol. The standard InChI is InChI=1S/C43H23BBr2N2O3/c1-22-20-27-33-28(21-22)48(24-14-6-3-7-15-24)39-32-26-17-9-11-19-30(26)50-41(32)37(46)43-35(39)44(33)34-38(47(27)23-12-4-2-5-13-23)31-25-16-8-10-18-29(25)49-40(31)36(45)42(34)51-43/h2-21H,1H3. The average Bonchev–Trinajstić information content (AvgIpc) is 3.75. The lowest BCUT2D eigenvalue weighted by Crippen LogP contribution is -2.63. The third-order valence-corrected chi connectivity index (χ3v) is 12.2. The number of furan rings is 2. The van der Waals surface area contributed by atoms with Gasteiger partial charge in [-0.25, -0.2) is 0 Å². The number of anilines is 6. The molecule has 3 aliphatic heterocycles. The van der Waals surface area contributed by atoms with Gasteiger partial charge in [-0.3, -0.25) is 0 Å². The minimum absolute atomic E-state index is 0.150. The maximum Gasteiger partial charge on any atom is 0.262 e. The molecule has 8 heteroatoms. The smallest absolute Gasteiger partial charge is 0.262 e. The van der Waals surface area contributed by atoms with Crippen LogP contribution >= 0.6 is 31.9 Å². The first-order valence-corrected chi connectivity index (χ1v) is 18.5. The van der Waals surface area contributed by atoms with Gasteiger partial charge in [-0.15, -0.1) is 0 Å². The minimum atomic E-state index is -0.150. The van der Waals surface area contributed by atoms with Gasteiger partial charge in [0, 0.05) is 33.5 Å². The Labute approximate surface area is 309 Å². The predicted octanol–water partition coefficient (Wildman–Crippen LogP) is 11.5. The van der Waals surface area contributed by atoms with E-state index < -0.39 is 0 Å². The van der Waals surface area contributed by atoms with E-state index in [1.165, 1.54) is 11.0 Å². The Kier molecular flexibility index (Phi) is 5.47. The lowest BCUT2D eigenvalue weighted by molar-refractivity contribution is 0.480. The van der Waals surface area contributed by atoms with Crippen LogP contribution in [0.4, 0.5) is 34.1 Å². The zero-order valence-corrected chi connectivity index (χ0v) is 30.2. The first kappa shape index (κ1) is 28.3. The van der Waals surface area contributed by atoms with Crippen LogP contribution in [0, 0.1) is 6.92 Å². The number of hydrogen-bond acceptors (Lipinski definition) is 5. The molecule has 12 rings (SSSR count). The summed E-state index contributed by atoms with van der Waals surface area (Å²) in [6, 6.07) is 42.7. The third-order valence-electron chi connectivity index (χ3n) is 10.8. The molecule has 0 N–H and O–H groups in total. The van der Waals surface area contributed by atoms with Gasteiger partial charge < -0.3 is 23.4 Å². The zero-order chi connectivity index (χ0) is 33.7. The fourth-order valence-corrected chi connectivity index (χ4v) is 10.0. The second kappa shape index (κ2) is 9.87. The maximum atomic E-state index is 7.24. The molecule has 0 bridgehead atoms. The van der Waals surface area contributed by atoms with Gasteiger partial charge in [0.15, 0.2) is 11.2 Å². The van der Waals surface area contributed by atoms with Crippen LogP contribution in [-0.2, 0) is 0 Å². The highest BCUT2D eigenvalue weighted by Gasteiger charge is 2.52. The molecule has 0 radical (unpaired) electrons. The maximum absolute atomic E-state index is 7.24. The largest absolute Gasteiger partial charge is 0.456 e. The highest BCUT2D eigenvalue weighted by Crippen LogP contribution is 2.57. The van der Waals surface area contributed by atoms with E-state index in [4.69, 9.17) is 13.6 Å². The van der Waals surface area contributed by atoms with E-state index >= 15 is 0 Å². The van der Waals surface area contributed by atoms with Gasteiger partial charge in [-0.05, 0) is 109 Å². The summed E-state index contributed by atoms with van der Waals surface area (Å²) in [7, 11) is 0. The molecule has 0 spiro atoms. The van der Waals surface area contributed by atoms with E-state index in [1.54, 1.807) is 0 Å². The number of para-hydroxylation sites is 4. The molecule has 0 saturated carbocycles. The number of rotatable bonds is 2. The van der Waals surface area contributed by atoms with E-state index in [-0.39, 0.29) is 6.71 Å². The van der Waals surface area contributed by atoms with Crippen LogP contribution < -0.4 is 30.9 Å². The number of ether oxygens (including phenoxy) is 1. The summed E-state index contributed by atoms with van der Waals surface area (Å²) < 4.78 is 22.2. The fourth-order valence-electron chi connectivity index (χ4n) is 8.89. The molecule has 240 valence electrons. The molecule has 0 amide bonds. The molecule has 5 heterocycles. The van der Waals surface area contributed by atoms with Crippen molar-refractivity contribution in [3.63, 3.8) is 0 Å². The second-order valence-electron chi connectivity index (χ2n) is 13.5. The molecule has 51 heavy (non-hydrogen) atoms. The highest BCUT2D eigenvalue weighted by molar-refractivity contribution is 9.11. The van der Waals surface area contributed by atoms with E-state index in [0.717, 1.165) is 109 Å². The number of fused-ring (bicyclic) bond motifs is 8. The molecular weight excluding hydrogens is 763 g/mol. The molecule has 0 fully saturated rings. The number of halogens is 2. The Bertz CT molecular complexity index is 2810. The van der Waals surface area contributed by atoms with Crippen LogP contribution in [0.25, 0.3) is 43.9 Å². The van der Waals surface area contributed by atoms with E-state index in [0.29, 0.717) is 0 Å². The Morgan fingerprint density at radius 2 is 0.961 bits per heavy atom. The second-order valence-corrected chi connectivity index (χ2v) is 15.1. The van der Waals surface area contributed by atoms with Crippen molar-refractivity contribution in [2.75, 3.05) is 9.80 Å². The Hall–Kier alpha value is -5.44. The van der Waals surface area contributed by atoms with E-state index in [1.807, 2.05) is 24.3 Å². The normalized spacial score (nSPS) is 13.8. The Balaban J connectivity index is 1.35. The van der Waals surface area contributed by atoms with Crippen molar-refractivity contribution >= 4 is 133 Å². The third kappa shape index (κ3) is 3.47. The first-order valence-electron chi connectivity index (χ1n) is 16.9. The van der Waals surface area contributed by atoms with Crippen LogP contribution in [-0.4, -0.2) is 6.71 Å². The van der Waals surface area contributed by atoms with Gasteiger partial charge in [0.2, 0.25) is 0 Å². The van der Waals surface area contributed by atoms with Gasteiger partial charge >= 0.3 is 0 Å². The van der Waals surface area contributed by atoms with Crippen LogP contribution in [0.2, 0.25) is 0 Å². The molecule has 0 aliphatic carbocycles. The van der Waals surface area contributed by atoms with E-state index in [2.05, 4.69) is 146 Å². The van der Waals surface area contributed by atoms with Gasteiger partial charge in [-0.1, -0.05) is 72.8 Å². The molecule has 7 aromatic carbocycles. The summed E-state index contributed by atoms with van der Waals surface area (Å²) in [6.07, 6.45) is 0. The van der Waals surface area contributed by atoms with Crippen LogP contribution in [0.5, 0.6) is 11.5 Å². The molecule has 9 aromatic rings. The first-order chi connectivity index (χ1) is 25.1. The number of nitrogens with zero attached hydrogens (tertiary/aromatic N) is 2. The summed E-state index contributed by atoms with van der Waals surface area (Å²) in [5, 5.41) is 4.24. The molecule has 3 aliphatic rings. The van der Waals surface area contributed by atoms with Crippen molar-refractivity contribution in [3.8, 4) is 11.5 Å². The molecule has 2 aromatic heterocycles. The van der Waals surface area contributed by atoms with Gasteiger partial charge in [0.05, 0.1) is 22.1 Å². The van der Waals surface area contributed by atoms with Gasteiger partial charge in [0.1, 0.15) is 31.6 Å².